The standard InChI is InChI=1S/C12H13BrN4O3/c1-2-19-10-5-8(7-16-17-12(15)18)9(13)6-11(10)20-4-3-14/h5-7H,2,4H2,1H3,(H3,15,17,18)/b16-7+. The first-order valence-corrected chi connectivity index (χ1v) is 6.42. The molecular formula is C12H13BrN4O3. The Labute approximate surface area is 124 Å². The smallest absolute Gasteiger partial charge is 0.332 e. The molecule has 1 aromatic carbocycles. The number of nitriles is 1. The lowest BCUT2D eigenvalue weighted by molar-refractivity contribution is 0.249. The summed E-state index contributed by atoms with van der Waals surface area (Å²) >= 11 is 3.34. The van der Waals surface area contributed by atoms with E-state index in [2.05, 4.69) is 26.5 Å². The largest absolute Gasteiger partial charge is 0.490 e. The number of halogens is 1. The van der Waals surface area contributed by atoms with E-state index in [9.17, 15) is 4.79 Å². The number of nitrogens with zero attached hydrogens (tertiary/aromatic N) is 2. The zero-order chi connectivity index (χ0) is 15.0. The Balaban J connectivity index is 3.02. The Morgan fingerprint density at radius 2 is 2.25 bits per heavy atom. The van der Waals surface area contributed by atoms with Crippen molar-refractivity contribution in [1.29, 1.82) is 5.26 Å². The van der Waals surface area contributed by atoms with Crippen molar-refractivity contribution < 1.29 is 14.3 Å². The van der Waals surface area contributed by atoms with Crippen LogP contribution in [-0.4, -0.2) is 25.5 Å². The lowest BCUT2D eigenvalue weighted by atomic mass is 10.2. The SMILES string of the molecule is CCOc1cc(/C=N/NC(N)=O)c(Br)cc1OCC#N. The van der Waals surface area contributed by atoms with Gasteiger partial charge in [-0.05, 0) is 35.0 Å². The quantitative estimate of drug-likeness (QED) is 0.607. The Hall–Kier alpha value is -2.27. The van der Waals surface area contributed by atoms with Crippen LogP contribution in [0.1, 0.15) is 12.5 Å². The van der Waals surface area contributed by atoms with Gasteiger partial charge in [0.05, 0.1) is 12.8 Å². The van der Waals surface area contributed by atoms with Gasteiger partial charge in [-0.1, -0.05) is 0 Å². The Morgan fingerprint density at radius 3 is 2.85 bits per heavy atom. The van der Waals surface area contributed by atoms with Gasteiger partial charge < -0.3 is 15.2 Å². The molecule has 8 heteroatoms. The van der Waals surface area contributed by atoms with E-state index in [-0.39, 0.29) is 6.61 Å². The van der Waals surface area contributed by atoms with E-state index in [1.54, 1.807) is 12.1 Å². The molecule has 0 unspecified atom stereocenters. The zero-order valence-corrected chi connectivity index (χ0v) is 12.3. The lowest BCUT2D eigenvalue weighted by Gasteiger charge is -2.12. The topological polar surface area (TPSA) is 110 Å². The number of nitrogens with one attached hydrogen (secondary N) is 1. The maximum atomic E-state index is 10.5. The number of hydrogen-bond acceptors (Lipinski definition) is 5. The zero-order valence-electron chi connectivity index (χ0n) is 10.7. The molecule has 0 saturated heterocycles. The molecule has 0 atom stereocenters. The summed E-state index contributed by atoms with van der Waals surface area (Å²) in [6.45, 7) is 2.20. The summed E-state index contributed by atoms with van der Waals surface area (Å²) < 4.78 is 11.4. The third-order valence-electron chi connectivity index (χ3n) is 2.03. The minimum Gasteiger partial charge on any atom is -0.490 e. The van der Waals surface area contributed by atoms with Crippen molar-refractivity contribution in [2.75, 3.05) is 13.2 Å². The number of amides is 2. The van der Waals surface area contributed by atoms with Crippen LogP contribution in [0.2, 0.25) is 0 Å². The Kier molecular flexibility index (Phi) is 6.32. The molecule has 0 heterocycles. The van der Waals surface area contributed by atoms with Crippen molar-refractivity contribution in [3.63, 3.8) is 0 Å². The van der Waals surface area contributed by atoms with Crippen LogP contribution >= 0.6 is 15.9 Å². The highest BCUT2D eigenvalue weighted by Crippen LogP contribution is 2.33. The number of rotatable bonds is 6. The lowest BCUT2D eigenvalue weighted by Crippen LogP contribution is -2.24. The van der Waals surface area contributed by atoms with Gasteiger partial charge in [-0.15, -0.1) is 0 Å². The maximum Gasteiger partial charge on any atom is 0.332 e. The summed E-state index contributed by atoms with van der Waals surface area (Å²) in [6, 6.07) is 4.47. The molecule has 0 aromatic heterocycles. The second-order valence-electron chi connectivity index (χ2n) is 3.43. The van der Waals surface area contributed by atoms with Crippen LogP contribution in [-0.2, 0) is 0 Å². The normalized spacial score (nSPS) is 10.1. The number of ether oxygens (including phenoxy) is 2. The van der Waals surface area contributed by atoms with Crippen LogP contribution < -0.4 is 20.6 Å². The van der Waals surface area contributed by atoms with Crippen LogP contribution in [0.25, 0.3) is 0 Å². The highest BCUT2D eigenvalue weighted by Gasteiger charge is 2.10. The van der Waals surface area contributed by atoms with E-state index < -0.39 is 6.03 Å². The van der Waals surface area contributed by atoms with E-state index in [0.717, 1.165) is 0 Å². The summed E-state index contributed by atoms with van der Waals surface area (Å²) in [6.07, 6.45) is 1.41. The average Bonchev–Trinajstić information content (AvgIpc) is 2.40. The summed E-state index contributed by atoms with van der Waals surface area (Å²) in [7, 11) is 0. The fraction of sp³-hybridized carbons (Fsp3) is 0.250. The molecule has 0 bridgehead atoms. The number of benzene rings is 1. The third-order valence-corrected chi connectivity index (χ3v) is 2.72. The van der Waals surface area contributed by atoms with Gasteiger partial charge in [-0.2, -0.15) is 10.4 Å². The first-order chi connectivity index (χ1) is 9.58. The molecule has 2 amide bonds. The number of primary amides is 1. The van der Waals surface area contributed by atoms with E-state index in [4.69, 9.17) is 20.5 Å². The molecule has 7 nitrogen and oxygen atoms in total. The van der Waals surface area contributed by atoms with Gasteiger partial charge >= 0.3 is 6.03 Å². The van der Waals surface area contributed by atoms with Gasteiger partial charge in [0, 0.05) is 10.0 Å². The van der Waals surface area contributed by atoms with E-state index in [1.807, 2.05) is 13.0 Å². The number of hydrazone groups is 1. The van der Waals surface area contributed by atoms with E-state index >= 15 is 0 Å². The van der Waals surface area contributed by atoms with Gasteiger partial charge in [0.1, 0.15) is 6.07 Å². The highest BCUT2D eigenvalue weighted by molar-refractivity contribution is 9.10. The van der Waals surface area contributed by atoms with Gasteiger partial charge in [0.25, 0.3) is 0 Å². The molecule has 0 spiro atoms. The first-order valence-electron chi connectivity index (χ1n) is 5.63. The van der Waals surface area contributed by atoms with Crippen molar-refractivity contribution in [3.05, 3.63) is 22.2 Å². The van der Waals surface area contributed by atoms with Crippen molar-refractivity contribution in [3.8, 4) is 17.6 Å². The summed E-state index contributed by atoms with van der Waals surface area (Å²) in [5.74, 6) is 0.923. The number of carbonyl (C=O) groups is 1. The molecule has 3 N–H and O–H groups in total. The van der Waals surface area contributed by atoms with E-state index in [0.29, 0.717) is 28.1 Å². The predicted octanol–water partition coefficient (Wildman–Crippen LogP) is 1.75. The van der Waals surface area contributed by atoms with Gasteiger partial charge in [0.15, 0.2) is 18.1 Å². The summed E-state index contributed by atoms with van der Waals surface area (Å²) in [5, 5.41) is 12.2. The van der Waals surface area contributed by atoms with Gasteiger partial charge in [-0.25, -0.2) is 10.2 Å². The van der Waals surface area contributed by atoms with Gasteiger partial charge in [0.2, 0.25) is 0 Å². The molecule has 106 valence electrons. The Bertz CT molecular complexity index is 554. The van der Waals surface area contributed by atoms with Crippen molar-refractivity contribution >= 4 is 28.2 Å². The molecule has 1 aromatic rings. The number of carbonyl (C=O) groups excluding carboxylic acids is 1. The number of urea groups is 1. The molecule has 0 aliphatic heterocycles. The van der Waals surface area contributed by atoms with E-state index in [1.165, 1.54) is 6.21 Å². The fourth-order valence-electron chi connectivity index (χ4n) is 1.31. The van der Waals surface area contributed by atoms with Crippen LogP contribution in [0.4, 0.5) is 4.79 Å². The maximum absolute atomic E-state index is 10.5. The Morgan fingerprint density at radius 1 is 1.55 bits per heavy atom. The molecular weight excluding hydrogens is 328 g/mol. The first kappa shape index (κ1) is 15.8. The van der Waals surface area contributed by atoms with Crippen LogP contribution in [0.5, 0.6) is 11.5 Å². The summed E-state index contributed by atoms with van der Waals surface area (Å²) in [5.41, 5.74) is 7.65. The molecule has 20 heavy (non-hydrogen) atoms. The van der Waals surface area contributed by atoms with Crippen molar-refractivity contribution in [2.24, 2.45) is 10.8 Å². The number of nitrogens with two attached hydrogens (primary N) is 1. The second-order valence-corrected chi connectivity index (χ2v) is 4.29. The van der Waals surface area contributed by atoms with Crippen LogP contribution in [0.3, 0.4) is 0 Å². The molecule has 0 aliphatic carbocycles. The molecule has 0 aliphatic rings. The molecule has 1 rings (SSSR count). The predicted molar refractivity (Wildman–Crippen MR) is 76.7 cm³/mol. The van der Waals surface area contributed by atoms with Crippen molar-refractivity contribution in [2.45, 2.75) is 6.92 Å². The van der Waals surface area contributed by atoms with Crippen molar-refractivity contribution in [1.82, 2.24) is 5.43 Å². The molecule has 0 fully saturated rings. The highest BCUT2D eigenvalue weighted by atomic mass is 79.9. The minimum atomic E-state index is -0.753. The average molecular weight is 341 g/mol. The molecule has 0 saturated carbocycles. The minimum absolute atomic E-state index is 0.0802. The number of hydrogen-bond donors (Lipinski definition) is 2. The van der Waals surface area contributed by atoms with Gasteiger partial charge in [-0.3, -0.25) is 0 Å². The van der Waals surface area contributed by atoms with Crippen LogP contribution in [0, 0.1) is 11.3 Å². The third kappa shape index (κ3) is 4.78. The van der Waals surface area contributed by atoms with Crippen LogP contribution in [0.15, 0.2) is 21.7 Å². The fourth-order valence-corrected chi connectivity index (χ4v) is 1.73. The molecule has 0 radical (unpaired) electrons. The summed E-state index contributed by atoms with van der Waals surface area (Å²) in [4.78, 5) is 10.5. The monoisotopic (exact) mass is 340 g/mol. The second kappa shape index (κ2) is 8.01.